The van der Waals surface area contributed by atoms with E-state index in [9.17, 15) is 22.8 Å². The maximum atomic E-state index is 13.1. The van der Waals surface area contributed by atoms with Gasteiger partial charge in [-0.1, -0.05) is 18.2 Å². The fourth-order valence-corrected chi connectivity index (χ4v) is 5.68. The Labute approximate surface area is 210 Å². The van der Waals surface area contributed by atoms with Crippen LogP contribution in [0, 0.1) is 0 Å². The Hall–Kier alpha value is -3.40. The highest BCUT2D eigenvalue weighted by molar-refractivity contribution is 8.00. The molecular weight excluding hydrogens is 491 g/mol. The summed E-state index contributed by atoms with van der Waals surface area (Å²) in [5, 5.41) is -0.150. The average molecular weight is 516 g/mol. The predicted molar refractivity (Wildman–Crippen MR) is 130 cm³/mol. The molecule has 0 radical (unpaired) electrons. The molecule has 2 fully saturated rings. The van der Waals surface area contributed by atoms with Crippen LogP contribution in [0.5, 0.6) is 0 Å². The monoisotopic (exact) mass is 515 g/mol. The van der Waals surface area contributed by atoms with Crippen LogP contribution in [0.15, 0.2) is 71.3 Å². The largest absolute Gasteiger partial charge is 0.467 e. The molecule has 0 N–H and O–H groups in total. The maximum Gasteiger partial charge on any atom is 0.416 e. The van der Waals surface area contributed by atoms with Gasteiger partial charge in [-0.15, -0.1) is 11.8 Å². The molecule has 2 amide bonds. The number of hydrogen-bond acceptors (Lipinski definition) is 5. The third-order valence-corrected chi connectivity index (χ3v) is 7.68. The summed E-state index contributed by atoms with van der Waals surface area (Å²) >= 11 is 1.54. The number of furan rings is 1. The second-order valence-electron chi connectivity index (χ2n) is 8.71. The van der Waals surface area contributed by atoms with Gasteiger partial charge in [0.05, 0.1) is 24.1 Å². The van der Waals surface area contributed by atoms with Crippen LogP contribution in [-0.2, 0) is 17.5 Å². The number of alkyl halides is 3. The highest BCUT2D eigenvalue weighted by Crippen LogP contribution is 2.39. The van der Waals surface area contributed by atoms with E-state index >= 15 is 0 Å². The van der Waals surface area contributed by atoms with Gasteiger partial charge in [0, 0.05) is 37.4 Å². The molecule has 188 valence electrons. The molecule has 3 aromatic rings. The highest BCUT2D eigenvalue weighted by atomic mass is 32.2. The number of carbonyl (C=O) groups excluding carboxylic acids is 2. The van der Waals surface area contributed by atoms with Crippen molar-refractivity contribution < 1.29 is 27.2 Å². The topological polar surface area (TPSA) is 57.0 Å². The minimum atomic E-state index is -4.39. The van der Waals surface area contributed by atoms with Crippen molar-refractivity contribution >= 4 is 29.3 Å². The molecule has 36 heavy (non-hydrogen) atoms. The van der Waals surface area contributed by atoms with Gasteiger partial charge < -0.3 is 19.1 Å². The smallest absolute Gasteiger partial charge is 0.416 e. The fraction of sp³-hybridized carbons (Fsp3) is 0.308. The van der Waals surface area contributed by atoms with Gasteiger partial charge in [-0.05, 0) is 48.0 Å². The van der Waals surface area contributed by atoms with Gasteiger partial charge in [-0.2, -0.15) is 13.2 Å². The summed E-state index contributed by atoms with van der Waals surface area (Å²) in [5.41, 5.74) is 1.30. The zero-order valence-electron chi connectivity index (χ0n) is 19.3. The van der Waals surface area contributed by atoms with E-state index in [1.54, 1.807) is 40.3 Å². The van der Waals surface area contributed by atoms with Crippen molar-refractivity contribution in [1.82, 2.24) is 9.80 Å². The number of carbonyl (C=O) groups is 2. The Morgan fingerprint density at radius 3 is 2.42 bits per heavy atom. The van der Waals surface area contributed by atoms with Crippen LogP contribution in [0.3, 0.4) is 0 Å². The van der Waals surface area contributed by atoms with Crippen LogP contribution >= 0.6 is 11.8 Å². The normalized spacial score (nSPS) is 18.7. The molecule has 2 aliphatic heterocycles. The van der Waals surface area contributed by atoms with Crippen molar-refractivity contribution in [2.75, 3.05) is 36.8 Å². The lowest BCUT2D eigenvalue weighted by Crippen LogP contribution is -2.48. The van der Waals surface area contributed by atoms with Crippen molar-refractivity contribution in [1.29, 1.82) is 0 Å². The maximum absolute atomic E-state index is 13.1. The zero-order valence-corrected chi connectivity index (χ0v) is 20.1. The molecule has 0 aliphatic carbocycles. The average Bonchev–Trinajstić information content (AvgIpc) is 3.54. The number of thioether (sulfide) groups is 1. The van der Waals surface area contributed by atoms with Gasteiger partial charge in [0.25, 0.3) is 5.91 Å². The highest BCUT2D eigenvalue weighted by Gasteiger charge is 2.34. The predicted octanol–water partition coefficient (Wildman–Crippen LogP) is 5.04. The molecule has 6 nitrogen and oxygen atoms in total. The molecule has 1 atom stereocenters. The summed E-state index contributed by atoms with van der Waals surface area (Å²) in [6, 6.07) is 16.2. The van der Waals surface area contributed by atoms with Gasteiger partial charge >= 0.3 is 6.18 Å². The van der Waals surface area contributed by atoms with Crippen LogP contribution in [0.2, 0.25) is 0 Å². The fourth-order valence-electron chi connectivity index (χ4n) is 4.49. The standard InChI is InChI=1S/C26H24F3N3O3S/c27-26(28,29)20-3-1-4-21(15-20)30-10-12-31(13-11-30)24(34)18-6-8-19(9-7-18)25-32(23(33)17-36-25)16-22-5-2-14-35-22/h1-9,14-15,25H,10-13,16-17H2/t25-/m1/s1. The van der Waals surface area contributed by atoms with Crippen molar-refractivity contribution in [3.05, 3.63) is 89.4 Å². The minimum absolute atomic E-state index is 0.0418. The molecule has 2 saturated heterocycles. The van der Waals surface area contributed by atoms with E-state index < -0.39 is 11.7 Å². The lowest BCUT2D eigenvalue weighted by atomic mass is 10.1. The van der Waals surface area contributed by atoms with Crippen LogP contribution in [0.25, 0.3) is 0 Å². The lowest BCUT2D eigenvalue weighted by molar-refractivity contribution is -0.137. The third kappa shape index (κ3) is 5.09. The van der Waals surface area contributed by atoms with Gasteiger partial charge in [0.2, 0.25) is 5.91 Å². The molecule has 0 spiro atoms. The third-order valence-electron chi connectivity index (χ3n) is 6.42. The van der Waals surface area contributed by atoms with Crippen LogP contribution in [-0.4, -0.2) is 53.5 Å². The second-order valence-corrected chi connectivity index (χ2v) is 9.78. The summed E-state index contributed by atoms with van der Waals surface area (Å²) in [6.07, 6.45) is -2.81. The van der Waals surface area contributed by atoms with Crippen molar-refractivity contribution in [2.45, 2.75) is 18.1 Å². The molecule has 1 aromatic heterocycles. The Morgan fingerprint density at radius 1 is 1.00 bits per heavy atom. The summed E-state index contributed by atoms with van der Waals surface area (Å²) in [5.74, 6) is 1.03. The van der Waals surface area contributed by atoms with Gasteiger partial charge in [-0.25, -0.2) is 0 Å². The quantitative estimate of drug-likeness (QED) is 0.477. The SMILES string of the molecule is O=C(c1ccc([C@H]2SCC(=O)N2Cc2ccco2)cc1)N1CCN(c2cccc(C(F)(F)F)c2)CC1. The molecule has 2 aromatic carbocycles. The molecule has 2 aliphatic rings. The van der Waals surface area contributed by atoms with E-state index in [2.05, 4.69) is 0 Å². The van der Waals surface area contributed by atoms with Gasteiger partial charge in [-0.3, -0.25) is 9.59 Å². The summed E-state index contributed by atoms with van der Waals surface area (Å²) in [6.45, 7) is 2.13. The van der Waals surface area contributed by atoms with Crippen molar-refractivity contribution in [2.24, 2.45) is 0 Å². The first-order valence-electron chi connectivity index (χ1n) is 11.5. The Bertz CT molecular complexity index is 1220. The van der Waals surface area contributed by atoms with E-state index in [1.165, 1.54) is 17.8 Å². The van der Waals surface area contributed by atoms with E-state index in [0.717, 1.165) is 17.7 Å². The lowest BCUT2D eigenvalue weighted by Gasteiger charge is -2.36. The molecule has 0 saturated carbocycles. The Balaban J connectivity index is 1.21. The molecule has 3 heterocycles. The number of rotatable bonds is 5. The first-order chi connectivity index (χ1) is 17.3. The van der Waals surface area contributed by atoms with Crippen LogP contribution in [0.4, 0.5) is 18.9 Å². The minimum Gasteiger partial charge on any atom is -0.467 e. The van der Waals surface area contributed by atoms with Gasteiger partial charge in [0.1, 0.15) is 11.1 Å². The van der Waals surface area contributed by atoms with Crippen LogP contribution in [0.1, 0.15) is 32.6 Å². The van der Waals surface area contributed by atoms with E-state index in [4.69, 9.17) is 4.42 Å². The number of halogens is 3. The van der Waals surface area contributed by atoms with E-state index in [1.807, 2.05) is 23.1 Å². The molecule has 0 bridgehead atoms. The number of amides is 2. The number of anilines is 1. The van der Waals surface area contributed by atoms with E-state index in [-0.39, 0.29) is 17.2 Å². The molecule has 0 unspecified atom stereocenters. The number of benzene rings is 2. The first-order valence-corrected chi connectivity index (χ1v) is 12.6. The Kier molecular flexibility index (Phi) is 6.70. The number of hydrogen-bond donors (Lipinski definition) is 0. The van der Waals surface area contributed by atoms with Crippen LogP contribution < -0.4 is 4.90 Å². The zero-order chi connectivity index (χ0) is 25.3. The summed E-state index contributed by atoms with van der Waals surface area (Å²) in [4.78, 5) is 30.8. The van der Waals surface area contributed by atoms with Crippen molar-refractivity contribution in [3.63, 3.8) is 0 Å². The first kappa shape index (κ1) is 24.3. The summed E-state index contributed by atoms with van der Waals surface area (Å²) in [7, 11) is 0. The Morgan fingerprint density at radius 2 is 1.75 bits per heavy atom. The van der Waals surface area contributed by atoms with Gasteiger partial charge in [0.15, 0.2) is 0 Å². The number of nitrogens with zero attached hydrogens (tertiary/aromatic N) is 3. The molecule has 5 rings (SSSR count). The van der Waals surface area contributed by atoms with Crippen molar-refractivity contribution in [3.8, 4) is 0 Å². The molecule has 10 heteroatoms. The second kappa shape index (κ2) is 9.93. The van der Waals surface area contributed by atoms with E-state index in [0.29, 0.717) is 55.5 Å². The summed E-state index contributed by atoms with van der Waals surface area (Å²) < 4.78 is 44.5. The molecular formula is C26H24F3N3O3S. The number of piperazine rings is 1.